The summed E-state index contributed by atoms with van der Waals surface area (Å²) in [6, 6.07) is 7.45. The number of fused-ring (bicyclic) bond motifs is 2. The molecule has 3 rings (SSSR count). The standard InChI is InChI=1S/C16H19NO4.4H2O/c1-17-11-7-8-12(17)14(15(18)19)13(9-11)21-16(20)10-5-3-2-4-6-10;;;;/h2-6,11-14H,7-9H2,1H3,(H,18,19);4*1H2/t11-,12+,13-,14+;;;;/m0..../s1/i1D3;;;;. The van der Waals surface area contributed by atoms with Crippen molar-refractivity contribution in [3.05, 3.63) is 35.9 Å². The zero-order valence-electron chi connectivity index (χ0n) is 16.4. The summed E-state index contributed by atoms with van der Waals surface area (Å²) in [5.74, 6) is -2.73. The molecule has 2 aliphatic heterocycles. The molecule has 4 atom stereocenters. The fraction of sp³-hybridized carbons (Fsp3) is 0.500. The van der Waals surface area contributed by atoms with Gasteiger partial charge in [-0.05, 0) is 32.0 Å². The summed E-state index contributed by atoms with van der Waals surface area (Å²) in [5, 5.41) is 9.59. The predicted molar refractivity (Wildman–Crippen MR) is 90.4 cm³/mol. The summed E-state index contributed by atoms with van der Waals surface area (Å²) >= 11 is 0. The molecule has 9 heteroatoms. The molecule has 144 valence electrons. The zero-order valence-corrected chi connectivity index (χ0v) is 13.4. The first-order chi connectivity index (χ1) is 11.3. The average Bonchev–Trinajstić information content (AvgIpc) is 2.83. The van der Waals surface area contributed by atoms with Crippen LogP contribution in [0.5, 0.6) is 0 Å². The van der Waals surface area contributed by atoms with Crippen molar-refractivity contribution in [2.75, 3.05) is 6.98 Å². The Labute approximate surface area is 149 Å². The number of carboxylic acid groups (broad SMARTS) is 1. The molecule has 2 saturated heterocycles. The third kappa shape index (κ3) is 4.74. The quantitative estimate of drug-likeness (QED) is 0.635. The Hall–Kier alpha value is -2.04. The Bertz CT molecular complexity index is 643. The minimum absolute atomic E-state index is 0. The highest BCUT2D eigenvalue weighted by Crippen LogP contribution is 2.39. The average molecular weight is 364 g/mol. The molecule has 9 nitrogen and oxygen atoms in total. The Balaban J connectivity index is 0. The molecule has 0 amide bonds. The highest BCUT2D eigenvalue weighted by molar-refractivity contribution is 5.89. The highest BCUT2D eigenvalue weighted by atomic mass is 16.5. The topological polar surface area (TPSA) is 193 Å². The Kier molecular flexibility index (Phi) is 7.76. The summed E-state index contributed by atoms with van der Waals surface area (Å²) < 4.78 is 28.4. The van der Waals surface area contributed by atoms with Crippen molar-refractivity contribution in [1.82, 2.24) is 4.90 Å². The molecular weight excluding hydrogens is 334 g/mol. The second kappa shape index (κ2) is 10.1. The van der Waals surface area contributed by atoms with Gasteiger partial charge in [0.1, 0.15) is 12.0 Å². The van der Waals surface area contributed by atoms with Crippen LogP contribution in [0.15, 0.2) is 30.3 Å². The van der Waals surface area contributed by atoms with Crippen LogP contribution in [0.1, 0.15) is 33.7 Å². The fourth-order valence-electron chi connectivity index (χ4n) is 3.38. The van der Waals surface area contributed by atoms with Gasteiger partial charge in [-0.1, -0.05) is 18.2 Å². The maximum Gasteiger partial charge on any atom is 0.338 e. The van der Waals surface area contributed by atoms with Gasteiger partial charge in [0, 0.05) is 22.6 Å². The van der Waals surface area contributed by atoms with Gasteiger partial charge in [0.2, 0.25) is 0 Å². The molecule has 1 aromatic carbocycles. The normalized spacial score (nSPS) is 29.0. The van der Waals surface area contributed by atoms with Gasteiger partial charge in [0.25, 0.3) is 0 Å². The highest BCUT2D eigenvalue weighted by Gasteiger charge is 2.50. The van der Waals surface area contributed by atoms with Gasteiger partial charge < -0.3 is 31.7 Å². The number of ether oxygens (including phenoxy) is 1. The molecule has 0 saturated carbocycles. The number of aliphatic carboxylic acids is 1. The number of hydrogen-bond acceptors (Lipinski definition) is 4. The monoisotopic (exact) mass is 364 g/mol. The van der Waals surface area contributed by atoms with Gasteiger partial charge in [-0.3, -0.25) is 9.69 Å². The van der Waals surface area contributed by atoms with E-state index < -0.39 is 37.0 Å². The molecule has 2 aliphatic rings. The molecule has 25 heavy (non-hydrogen) atoms. The number of carbonyl (C=O) groups excluding carboxylic acids is 1. The van der Waals surface area contributed by atoms with Gasteiger partial charge in [0.05, 0.1) is 5.56 Å². The first kappa shape index (κ1) is 19.3. The summed E-state index contributed by atoms with van der Waals surface area (Å²) in [6.45, 7) is -2.34. The van der Waals surface area contributed by atoms with Gasteiger partial charge in [-0.25, -0.2) is 4.79 Å². The molecule has 1 aromatic rings. The molecular formula is C16H27NO8. The SMILES string of the molecule is O.O.O.O.[2H]C([2H])([2H])N1[C@H]2CC[C@@H]1[C@@H](C(=O)O)[C@@H](OC(=O)c1ccccc1)C2. The molecule has 9 N–H and O–H groups in total. The van der Waals surface area contributed by atoms with Crippen molar-refractivity contribution in [3.8, 4) is 0 Å². The van der Waals surface area contributed by atoms with Gasteiger partial charge in [-0.15, -0.1) is 0 Å². The second-order valence-corrected chi connectivity index (χ2v) is 5.62. The first-order valence-corrected chi connectivity index (χ1v) is 7.06. The molecule has 0 aliphatic carbocycles. The lowest BCUT2D eigenvalue weighted by Crippen LogP contribution is -2.53. The van der Waals surface area contributed by atoms with Crippen LogP contribution < -0.4 is 0 Å². The molecule has 0 spiro atoms. The molecule has 2 fully saturated rings. The van der Waals surface area contributed by atoms with Crippen molar-refractivity contribution in [1.29, 1.82) is 0 Å². The summed E-state index contributed by atoms with van der Waals surface area (Å²) in [4.78, 5) is 25.3. The minimum atomic E-state index is -2.34. The van der Waals surface area contributed by atoms with Crippen LogP contribution in [-0.2, 0) is 9.53 Å². The number of nitrogens with zero attached hydrogens (tertiary/aromatic N) is 1. The summed E-state index contributed by atoms with van der Waals surface area (Å²) in [6.07, 6.45) is 0.502. The van der Waals surface area contributed by atoms with Crippen LogP contribution in [0, 0.1) is 5.92 Å². The van der Waals surface area contributed by atoms with Crippen molar-refractivity contribution in [2.45, 2.75) is 37.5 Å². The lowest BCUT2D eigenvalue weighted by Gasteiger charge is -2.40. The first-order valence-electron chi connectivity index (χ1n) is 8.56. The largest absolute Gasteiger partial charge is 0.481 e. The van der Waals surface area contributed by atoms with Crippen molar-refractivity contribution in [2.24, 2.45) is 5.92 Å². The number of piperidine rings is 1. The van der Waals surface area contributed by atoms with Crippen LogP contribution in [0.3, 0.4) is 0 Å². The molecule has 0 unspecified atom stereocenters. The summed E-state index contributed by atoms with van der Waals surface area (Å²) in [7, 11) is 0. The maximum absolute atomic E-state index is 12.3. The molecule has 2 heterocycles. The van der Waals surface area contributed by atoms with Crippen LogP contribution in [0.2, 0.25) is 0 Å². The number of carboxylic acids is 1. The number of esters is 1. The van der Waals surface area contributed by atoms with E-state index >= 15 is 0 Å². The van der Waals surface area contributed by atoms with E-state index in [2.05, 4.69) is 0 Å². The number of hydrogen-bond donors (Lipinski definition) is 1. The van der Waals surface area contributed by atoms with E-state index in [1.807, 2.05) is 0 Å². The van der Waals surface area contributed by atoms with Gasteiger partial charge in [0.15, 0.2) is 0 Å². The van der Waals surface area contributed by atoms with Gasteiger partial charge >= 0.3 is 11.9 Å². The Morgan fingerprint density at radius 1 is 1.16 bits per heavy atom. The van der Waals surface area contributed by atoms with E-state index in [0.29, 0.717) is 18.4 Å². The van der Waals surface area contributed by atoms with E-state index in [1.165, 1.54) is 4.90 Å². The lowest BCUT2D eigenvalue weighted by atomic mass is 9.87. The van der Waals surface area contributed by atoms with Crippen molar-refractivity contribution < 1.29 is 45.4 Å². The number of carbonyl (C=O) groups is 2. The van der Waals surface area contributed by atoms with E-state index in [1.54, 1.807) is 30.3 Å². The van der Waals surface area contributed by atoms with E-state index in [-0.39, 0.29) is 34.4 Å². The number of rotatable bonds is 3. The van der Waals surface area contributed by atoms with Crippen LogP contribution in [-0.4, -0.2) is 69.0 Å². The lowest BCUT2D eigenvalue weighted by molar-refractivity contribution is -0.152. The smallest absolute Gasteiger partial charge is 0.338 e. The minimum Gasteiger partial charge on any atom is -0.481 e. The molecule has 2 bridgehead atoms. The third-order valence-corrected chi connectivity index (χ3v) is 4.42. The third-order valence-electron chi connectivity index (χ3n) is 4.42. The van der Waals surface area contributed by atoms with Gasteiger partial charge in [-0.2, -0.15) is 0 Å². The maximum atomic E-state index is 12.3. The predicted octanol–water partition coefficient (Wildman–Crippen LogP) is -1.52. The van der Waals surface area contributed by atoms with Crippen LogP contribution in [0.4, 0.5) is 0 Å². The van der Waals surface area contributed by atoms with E-state index in [0.717, 1.165) is 0 Å². The van der Waals surface area contributed by atoms with Crippen molar-refractivity contribution >= 4 is 11.9 Å². The van der Waals surface area contributed by atoms with E-state index in [4.69, 9.17) is 8.85 Å². The molecule has 0 aromatic heterocycles. The fourth-order valence-corrected chi connectivity index (χ4v) is 3.38. The zero-order chi connectivity index (χ0) is 17.5. The van der Waals surface area contributed by atoms with E-state index in [9.17, 15) is 14.7 Å². The molecule has 0 radical (unpaired) electrons. The van der Waals surface area contributed by atoms with Crippen LogP contribution in [0.25, 0.3) is 0 Å². The second-order valence-electron chi connectivity index (χ2n) is 5.62. The van der Waals surface area contributed by atoms with Crippen molar-refractivity contribution in [3.63, 3.8) is 0 Å². The Morgan fingerprint density at radius 3 is 2.36 bits per heavy atom. The Morgan fingerprint density at radius 2 is 1.80 bits per heavy atom. The number of benzene rings is 1. The summed E-state index contributed by atoms with van der Waals surface area (Å²) in [5.41, 5.74) is 0.354. The van der Waals surface area contributed by atoms with Crippen LogP contribution >= 0.6 is 0 Å².